The number of fused-ring (bicyclic) bond motifs is 1. The Morgan fingerprint density at radius 2 is 2.17 bits per heavy atom. The van der Waals surface area contributed by atoms with Gasteiger partial charge in [-0.3, -0.25) is 4.79 Å². The van der Waals surface area contributed by atoms with Crippen LogP contribution in [0.25, 0.3) is 10.1 Å². The van der Waals surface area contributed by atoms with Crippen molar-refractivity contribution in [1.82, 2.24) is 14.5 Å². The predicted octanol–water partition coefficient (Wildman–Crippen LogP) is 3.92. The van der Waals surface area contributed by atoms with Crippen LogP contribution in [0.4, 0.5) is 0 Å². The largest absolute Gasteiger partial charge is 0.336 e. The van der Waals surface area contributed by atoms with E-state index in [2.05, 4.69) is 21.7 Å². The average Bonchev–Trinajstić information content (AvgIpc) is 3.23. The van der Waals surface area contributed by atoms with Crippen LogP contribution in [0.5, 0.6) is 0 Å². The SMILES string of the molecule is Cc1cn(C)c([C@@H]2CCCN2C(=O)c2cc3ccccc3s2)n1. The fraction of sp³-hybridized carbons (Fsp3) is 0.333. The zero-order valence-corrected chi connectivity index (χ0v) is 14.1. The van der Waals surface area contributed by atoms with Gasteiger partial charge in [0.05, 0.1) is 16.6 Å². The fourth-order valence-electron chi connectivity index (χ4n) is 3.45. The Morgan fingerprint density at radius 1 is 1.35 bits per heavy atom. The van der Waals surface area contributed by atoms with Gasteiger partial charge in [-0.15, -0.1) is 11.3 Å². The summed E-state index contributed by atoms with van der Waals surface area (Å²) in [5, 5.41) is 1.14. The number of likely N-dealkylation sites (tertiary alicyclic amines) is 1. The smallest absolute Gasteiger partial charge is 0.264 e. The zero-order chi connectivity index (χ0) is 16.0. The summed E-state index contributed by atoms with van der Waals surface area (Å²) in [5.41, 5.74) is 1.00. The van der Waals surface area contributed by atoms with Crippen molar-refractivity contribution in [2.75, 3.05) is 6.54 Å². The lowest BCUT2D eigenvalue weighted by atomic mass is 10.2. The predicted molar refractivity (Wildman–Crippen MR) is 92.8 cm³/mol. The molecule has 5 heteroatoms. The van der Waals surface area contributed by atoms with Crippen molar-refractivity contribution in [2.45, 2.75) is 25.8 Å². The molecule has 1 atom stereocenters. The highest BCUT2D eigenvalue weighted by Gasteiger charge is 2.33. The maximum Gasteiger partial charge on any atom is 0.264 e. The molecule has 1 aliphatic heterocycles. The molecule has 4 nitrogen and oxygen atoms in total. The molecule has 0 unspecified atom stereocenters. The van der Waals surface area contributed by atoms with E-state index in [1.165, 1.54) is 4.70 Å². The number of benzene rings is 1. The highest BCUT2D eigenvalue weighted by molar-refractivity contribution is 7.20. The Kier molecular flexibility index (Phi) is 3.45. The standard InChI is InChI=1S/C18H19N3OS/c1-12-11-20(2)17(19-12)14-7-5-9-21(14)18(22)16-10-13-6-3-4-8-15(13)23-16/h3-4,6,8,10-11,14H,5,7,9H2,1-2H3/t14-/m0/s1. The lowest BCUT2D eigenvalue weighted by Crippen LogP contribution is -2.31. The number of amides is 1. The number of aromatic nitrogens is 2. The first-order valence-corrected chi connectivity index (χ1v) is 8.74. The third-order valence-electron chi connectivity index (χ3n) is 4.48. The first-order valence-electron chi connectivity index (χ1n) is 7.93. The summed E-state index contributed by atoms with van der Waals surface area (Å²) in [5.74, 6) is 1.13. The Labute approximate surface area is 139 Å². The lowest BCUT2D eigenvalue weighted by Gasteiger charge is -2.23. The summed E-state index contributed by atoms with van der Waals surface area (Å²) >= 11 is 1.58. The summed E-state index contributed by atoms with van der Waals surface area (Å²) in [6.07, 6.45) is 4.05. The quantitative estimate of drug-likeness (QED) is 0.716. The highest BCUT2D eigenvalue weighted by atomic mass is 32.1. The second kappa shape index (κ2) is 5.49. The Bertz CT molecular complexity index is 846. The van der Waals surface area contributed by atoms with Crippen LogP contribution in [0, 0.1) is 6.92 Å². The number of hydrogen-bond acceptors (Lipinski definition) is 3. The van der Waals surface area contributed by atoms with Gasteiger partial charge < -0.3 is 9.47 Å². The van der Waals surface area contributed by atoms with Crippen LogP contribution in [0.15, 0.2) is 36.5 Å². The zero-order valence-electron chi connectivity index (χ0n) is 13.3. The third kappa shape index (κ3) is 2.45. The maximum atomic E-state index is 13.0. The molecule has 0 bridgehead atoms. The fourth-order valence-corrected chi connectivity index (χ4v) is 4.47. The van der Waals surface area contributed by atoms with Gasteiger partial charge in [-0.2, -0.15) is 0 Å². The minimum atomic E-state index is 0.0893. The van der Waals surface area contributed by atoms with Gasteiger partial charge in [-0.1, -0.05) is 18.2 Å². The second-order valence-corrected chi connectivity index (χ2v) is 7.24. The number of rotatable bonds is 2. The molecule has 118 valence electrons. The number of nitrogens with zero attached hydrogens (tertiary/aromatic N) is 3. The number of aryl methyl sites for hydroxylation is 2. The molecule has 1 saturated heterocycles. The molecule has 1 aromatic carbocycles. The van der Waals surface area contributed by atoms with Crippen LogP contribution in [-0.4, -0.2) is 26.9 Å². The van der Waals surface area contributed by atoms with Gasteiger partial charge in [-0.25, -0.2) is 4.98 Å². The van der Waals surface area contributed by atoms with Crippen molar-refractivity contribution >= 4 is 27.3 Å². The summed E-state index contributed by atoms with van der Waals surface area (Å²) in [6, 6.07) is 10.3. The minimum absolute atomic E-state index is 0.0893. The topological polar surface area (TPSA) is 38.1 Å². The lowest BCUT2D eigenvalue weighted by molar-refractivity contribution is 0.0733. The van der Waals surface area contributed by atoms with Crippen molar-refractivity contribution in [2.24, 2.45) is 7.05 Å². The highest BCUT2D eigenvalue weighted by Crippen LogP contribution is 2.34. The molecule has 0 saturated carbocycles. The minimum Gasteiger partial charge on any atom is -0.336 e. The molecule has 1 amide bonds. The van der Waals surface area contributed by atoms with Crippen LogP contribution in [0.1, 0.15) is 40.1 Å². The first-order chi connectivity index (χ1) is 11.1. The Hall–Kier alpha value is -2.14. The molecule has 2 aromatic heterocycles. The molecule has 1 fully saturated rings. The number of hydrogen-bond donors (Lipinski definition) is 0. The van der Waals surface area contributed by atoms with E-state index in [4.69, 9.17) is 0 Å². The van der Waals surface area contributed by atoms with Crippen LogP contribution < -0.4 is 0 Å². The van der Waals surface area contributed by atoms with Crippen LogP contribution in [0.2, 0.25) is 0 Å². The molecule has 23 heavy (non-hydrogen) atoms. The van der Waals surface area contributed by atoms with E-state index in [1.54, 1.807) is 11.3 Å². The maximum absolute atomic E-state index is 13.0. The van der Waals surface area contributed by atoms with E-state index < -0.39 is 0 Å². The van der Waals surface area contributed by atoms with E-state index in [9.17, 15) is 4.79 Å². The number of carbonyl (C=O) groups excluding carboxylic acids is 1. The summed E-state index contributed by atoms with van der Waals surface area (Å²) in [4.78, 5) is 20.5. The normalized spacial score (nSPS) is 18.0. The second-order valence-electron chi connectivity index (χ2n) is 6.16. The first kappa shape index (κ1) is 14.5. The van der Waals surface area contributed by atoms with Gasteiger partial charge in [0.25, 0.3) is 5.91 Å². The molecular weight excluding hydrogens is 306 g/mol. The van der Waals surface area contributed by atoms with E-state index in [0.29, 0.717) is 0 Å². The molecule has 0 radical (unpaired) electrons. The van der Waals surface area contributed by atoms with Crippen LogP contribution in [0.3, 0.4) is 0 Å². The molecule has 3 aromatic rings. The molecule has 1 aliphatic rings. The monoisotopic (exact) mass is 325 g/mol. The molecule has 3 heterocycles. The van der Waals surface area contributed by atoms with Gasteiger partial charge in [0.15, 0.2) is 0 Å². The molecule has 0 N–H and O–H groups in total. The summed E-state index contributed by atoms with van der Waals surface area (Å²) in [7, 11) is 2.01. The van der Waals surface area contributed by atoms with Crippen molar-refractivity contribution in [3.05, 3.63) is 52.9 Å². The van der Waals surface area contributed by atoms with Gasteiger partial charge in [0.2, 0.25) is 0 Å². The number of carbonyl (C=O) groups is 1. The van der Waals surface area contributed by atoms with Gasteiger partial charge in [0.1, 0.15) is 5.82 Å². The average molecular weight is 325 g/mol. The third-order valence-corrected chi connectivity index (χ3v) is 5.58. The molecule has 4 rings (SSSR count). The van der Waals surface area contributed by atoms with Crippen molar-refractivity contribution in [1.29, 1.82) is 0 Å². The van der Waals surface area contributed by atoms with Crippen molar-refractivity contribution in [3.63, 3.8) is 0 Å². The van der Waals surface area contributed by atoms with Crippen molar-refractivity contribution < 1.29 is 4.79 Å². The van der Waals surface area contributed by atoms with Gasteiger partial charge >= 0.3 is 0 Å². The Morgan fingerprint density at radius 3 is 2.91 bits per heavy atom. The summed E-state index contributed by atoms with van der Waals surface area (Å²) < 4.78 is 3.22. The van der Waals surface area contributed by atoms with Crippen molar-refractivity contribution in [3.8, 4) is 0 Å². The number of thiophene rings is 1. The molecule has 0 aliphatic carbocycles. The van der Waals surface area contributed by atoms with E-state index in [1.807, 2.05) is 43.3 Å². The van der Waals surface area contributed by atoms with E-state index in [-0.39, 0.29) is 11.9 Å². The van der Waals surface area contributed by atoms with Crippen LogP contribution >= 0.6 is 11.3 Å². The molecular formula is C18H19N3OS. The van der Waals surface area contributed by atoms with Gasteiger partial charge in [0, 0.05) is 24.5 Å². The number of imidazole rings is 1. The van der Waals surface area contributed by atoms with E-state index in [0.717, 1.165) is 41.2 Å². The van der Waals surface area contributed by atoms with E-state index >= 15 is 0 Å². The Balaban J connectivity index is 1.68. The van der Waals surface area contributed by atoms with Crippen LogP contribution in [-0.2, 0) is 7.05 Å². The summed E-state index contributed by atoms with van der Waals surface area (Å²) in [6.45, 7) is 2.81. The molecule has 0 spiro atoms. The van der Waals surface area contributed by atoms with Gasteiger partial charge in [-0.05, 0) is 37.3 Å².